The Bertz CT molecular complexity index is 793. The maximum absolute atomic E-state index is 12.0. The van der Waals surface area contributed by atoms with Gasteiger partial charge in [0.2, 0.25) is 5.91 Å². The largest absolute Gasteiger partial charge is 0.497 e. The zero-order chi connectivity index (χ0) is 16.1. The maximum Gasteiger partial charge on any atom is 0.224 e. The van der Waals surface area contributed by atoms with Crippen LogP contribution in [0, 0.1) is 0 Å². The number of carbonyl (C=O) groups excluding carboxylic acids is 1. The molecule has 0 atom stereocenters. The molecule has 5 heteroatoms. The molecule has 1 aromatic heterocycles. The van der Waals surface area contributed by atoms with Crippen molar-refractivity contribution in [2.24, 2.45) is 0 Å². The van der Waals surface area contributed by atoms with E-state index >= 15 is 0 Å². The van der Waals surface area contributed by atoms with Crippen molar-refractivity contribution in [3.8, 4) is 5.75 Å². The molecule has 0 bridgehead atoms. The van der Waals surface area contributed by atoms with Gasteiger partial charge in [-0.05, 0) is 41.8 Å². The Morgan fingerprint density at radius 2 is 1.96 bits per heavy atom. The summed E-state index contributed by atoms with van der Waals surface area (Å²) in [6, 6.07) is 13.4. The van der Waals surface area contributed by atoms with E-state index in [2.05, 4.69) is 10.3 Å². The fourth-order valence-corrected chi connectivity index (χ4v) is 2.39. The first kappa shape index (κ1) is 15.1. The highest BCUT2D eigenvalue weighted by Crippen LogP contribution is 2.14. The van der Waals surface area contributed by atoms with Crippen molar-refractivity contribution in [1.29, 1.82) is 0 Å². The SMILES string of the molecule is COc1ccc(CC(=O)NCCc2ccc3ncoc3c2)cc1. The molecular formula is C18H18N2O3. The number of hydrogen-bond donors (Lipinski definition) is 1. The Labute approximate surface area is 134 Å². The summed E-state index contributed by atoms with van der Waals surface area (Å²) in [5, 5.41) is 2.93. The van der Waals surface area contributed by atoms with Crippen LogP contribution in [0.5, 0.6) is 5.75 Å². The standard InChI is InChI=1S/C18H18N2O3/c1-22-15-5-2-13(3-6-15)11-18(21)19-9-8-14-4-7-16-17(10-14)23-12-20-16/h2-7,10,12H,8-9,11H2,1H3,(H,19,21). The van der Waals surface area contributed by atoms with Crippen LogP contribution in [0.25, 0.3) is 11.1 Å². The van der Waals surface area contributed by atoms with Crippen LogP contribution >= 0.6 is 0 Å². The molecule has 3 rings (SSSR count). The molecule has 0 saturated carbocycles. The Kier molecular flexibility index (Phi) is 4.57. The van der Waals surface area contributed by atoms with Crippen LogP contribution in [0.3, 0.4) is 0 Å². The van der Waals surface area contributed by atoms with Gasteiger partial charge in [-0.1, -0.05) is 18.2 Å². The van der Waals surface area contributed by atoms with Crippen molar-refractivity contribution in [2.45, 2.75) is 12.8 Å². The molecule has 3 aromatic rings. The number of fused-ring (bicyclic) bond motifs is 1. The predicted molar refractivity (Wildman–Crippen MR) is 87.4 cm³/mol. The number of carbonyl (C=O) groups is 1. The molecule has 0 aliphatic heterocycles. The van der Waals surface area contributed by atoms with Gasteiger partial charge >= 0.3 is 0 Å². The molecule has 1 heterocycles. The van der Waals surface area contributed by atoms with Crippen LogP contribution < -0.4 is 10.1 Å². The van der Waals surface area contributed by atoms with Crippen LogP contribution in [0.15, 0.2) is 53.3 Å². The lowest BCUT2D eigenvalue weighted by atomic mass is 10.1. The first-order valence-electron chi connectivity index (χ1n) is 7.46. The number of ether oxygens (including phenoxy) is 1. The summed E-state index contributed by atoms with van der Waals surface area (Å²) in [5.41, 5.74) is 3.69. The highest BCUT2D eigenvalue weighted by molar-refractivity contribution is 5.78. The van der Waals surface area contributed by atoms with Gasteiger partial charge in [-0.3, -0.25) is 4.79 Å². The molecule has 1 amide bonds. The molecule has 23 heavy (non-hydrogen) atoms. The van der Waals surface area contributed by atoms with Gasteiger partial charge in [-0.2, -0.15) is 0 Å². The van der Waals surface area contributed by atoms with Crippen molar-refractivity contribution < 1.29 is 13.9 Å². The third kappa shape index (κ3) is 3.88. The average Bonchev–Trinajstić information content (AvgIpc) is 3.03. The minimum atomic E-state index is 0.0101. The highest BCUT2D eigenvalue weighted by atomic mass is 16.5. The predicted octanol–water partition coefficient (Wildman–Crippen LogP) is 2.74. The number of hydrogen-bond acceptors (Lipinski definition) is 4. The van der Waals surface area contributed by atoms with E-state index in [0.29, 0.717) is 13.0 Å². The monoisotopic (exact) mass is 310 g/mol. The van der Waals surface area contributed by atoms with E-state index in [-0.39, 0.29) is 5.91 Å². The van der Waals surface area contributed by atoms with Gasteiger partial charge in [0.25, 0.3) is 0 Å². The number of nitrogens with zero attached hydrogens (tertiary/aromatic N) is 1. The summed E-state index contributed by atoms with van der Waals surface area (Å²) >= 11 is 0. The molecule has 0 spiro atoms. The van der Waals surface area contributed by atoms with Gasteiger partial charge < -0.3 is 14.5 Å². The van der Waals surface area contributed by atoms with Gasteiger partial charge in [-0.15, -0.1) is 0 Å². The molecular weight excluding hydrogens is 292 g/mol. The van der Waals surface area contributed by atoms with Gasteiger partial charge in [0.05, 0.1) is 13.5 Å². The zero-order valence-electron chi connectivity index (χ0n) is 12.9. The topological polar surface area (TPSA) is 64.4 Å². The van der Waals surface area contributed by atoms with Crippen LogP contribution in [0.1, 0.15) is 11.1 Å². The fraction of sp³-hybridized carbons (Fsp3) is 0.222. The van der Waals surface area contributed by atoms with E-state index < -0.39 is 0 Å². The smallest absolute Gasteiger partial charge is 0.224 e. The van der Waals surface area contributed by atoms with E-state index in [0.717, 1.165) is 34.4 Å². The molecule has 0 aliphatic carbocycles. The summed E-state index contributed by atoms with van der Waals surface area (Å²) < 4.78 is 10.4. The number of aromatic nitrogens is 1. The summed E-state index contributed by atoms with van der Waals surface area (Å²) in [6.07, 6.45) is 2.56. The van der Waals surface area contributed by atoms with Gasteiger partial charge in [0, 0.05) is 6.54 Å². The summed E-state index contributed by atoms with van der Waals surface area (Å²) in [6.45, 7) is 0.592. The van der Waals surface area contributed by atoms with Gasteiger partial charge in [-0.25, -0.2) is 4.98 Å². The average molecular weight is 310 g/mol. The number of methoxy groups -OCH3 is 1. The third-order valence-corrected chi connectivity index (χ3v) is 3.66. The van der Waals surface area contributed by atoms with Crippen molar-refractivity contribution >= 4 is 17.0 Å². The van der Waals surface area contributed by atoms with E-state index in [1.165, 1.54) is 6.39 Å². The number of benzene rings is 2. The van der Waals surface area contributed by atoms with Crippen molar-refractivity contribution in [2.75, 3.05) is 13.7 Å². The van der Waals surface area contributed by atoms with Crippen molar-refractivity contribution in [1.82, 2.24) is 10.3 Å². The zero-order valence-corrected chi connectivity index (χ0v) is 12.9. The Morgan fingerprint density at radius 1 is 1.17 bits per heavy atom. The Balaban J connectivity index is 1.48. The number of nitrogens with one attached hydrogen (secondary N) is 1. The number of rotatable bonds is 6. The maximum atomic E-state index is 12.0. The van der Waals surface area contributed by atoms with Crippen molar-refractivity contribution in [3.05, 3.63) is 60.0 Å². The molecule has 2 aromatic carbocycles. The third-order valence-electron chi connectivity index (χ3n) is 3.66. The lowest BCUT2D eigenvalue weighted by Crippen LogP contribution is -2.27. The number of amides is 1. The second-order valence-electron chi connectivity index (χ2n) is 5.28. The van der Waals surface area contributed by atoms with Gasteiger partial charge in [0.15, 0.2) is 12.0 Å². The van der Waals surface area contributed by atoms with Crippen LogP contribution in [-0.2, 0) is 17.6 Å². The molecule has 118 valence electrons. The van der Waals surface area contributed by atoms with Crippen LogP contribution in [-0.4, -0.2) is 24.5 Å². The lowest BCUT2D eigenvalue weighted by molar-refractivity contribution is -0.120. The summed E-state index contributed by atoms with van der Waals surface area (Å²) in [7, 11) is 1.62. The molecule has 0 aliphatic rings. The van der Waals surface area contributed by atoms with E-state index in [4.69, 9.17) is 9.15 Å². The van der Waals surface area contributed by atoms with Crippen LogP contribution in [0.2, 0.25) is 0 Å². The van der Waals surface area contributed by atoms with E-state index in [1.54, 1.807) is 7.11 Å². The summed E-state index contributed by atoms with van der Waals surface area (Å²) in [5.74, 6) is 0.799. The minimum Gasteiger partial charge on any atom is -0.497 e. The Hall–Kier alpha value is -2.82. The van der Waals surface area contributed by atoms with E-state index in [9.17, 15) is 4.79 Å². The highest BCUT2D eigenvalue weighted by Gasteiger charge is 2.04. The van der Waals surface area contributed by atoms with Crippen LogP contribution in [0.4, 0.5) is 0 Å². The second-order valence-corrected chi connectivity index (χ2v) is 5.28. The molecule has 0 unspecified atom stereocenters. The minimum absolute atomic E-state index is 0.0101. The normalized spacial score (nSPS) is 10.7. The lowest BCUT2D eigenvalue weighted by Gasteiger charge is -2.06. The molecule has 5 nitrogen and oxygen atoms in total. The molecule has 1 N–H and O–H groups in total. The second kappa shape index (κ2) is 6.96. The van der Waals surface area contributed by atoms with Gasteiger partial charge in [0.1, 0.15) is 11.3 Å². The van der Waals surface area contributed by atoms with E-state index in [1.807, 2.05) is 42.5 Å². The molecule has 0 fully saturated rings. The quantitative estimate of drug-likeness (QED) is 0.760. The van der Waals surface area contributed by atoms with Crippen molar-refractivity contribution in [3.63, 3.8) is 0 Å². The first-order valence-corrected chi connectivity index (χ1v) is 7.46. The molecule has 0 saturated heterocycles. The first-order chi connectivity index (χ1) is 11.2. The molecule has 0 radical (unpaired) electrons. The Morgan fingerprint density at radius 3 is 2.74 bits per heavy atom. The number of oxazole rings is 1. The fourth-order valence-electron chi connectivity index (χ4n) is 2.39. The summed E-state index contributed by atoms with van der Waals surface area (Å²) in [4.78, 5) is 16.0.